The van der Waals surface area contributed by atoms with Crippen LogP contribution in [0.5, 0.6) is 11.5 Å². The van der Waals surface area contributed by atoms with Crippen LogP contribution in [-0.4, -0.2) is 22.6 Å². The lowest BCUT2D eigenvalue weighted by atomic mass is 10.0. The zero-order chi connectivity index (χ0) is 16.9. The van der Waals surface area contributed by atoms with Gasteiger partial charge in [-0.15, -0.1) is 0 Å². The van der Waals surface area contributed by atoms with Crippen molar-refractivity contribution in [3.05, 3.63) is 53.6 Å². The molecule has 126 valence electrons. The summed E-state index contributed by atoms with van der Waals surface area (Å²) in [5, 5.41) is 4.69. The van der Waals surface area contributed by atoms with Crippen molar-refractivity contribution in [2.24, 2.45) is 0 Å². The molecule has 0 radical (unpaired) electrons. The first kappa shape index (κ1) is 17.1. The standard InChI is InChI=1S/C19H21ClN2OS/c1-14-7-5-6-12-22(14)19(24)21-17-13-15(20)10-11-18(17)23-16-8-3-2-4-9-16/h2-4,8-11,13-14H,5-7,12H2,1H3,(H,21,24)/t14-/m0/s1. The van der Waals surface area contributed by atoms with Crippen molar-refractivity contribution >= 4 is 34.6 Å². The molecule has 1 atom stereocenters. The van der Waals surface area contributed by atoms with Crippen LogP contribution < -0.4 is 10.1 Å². The molecule has 1 aliphatic heterocycles. The van der Waals surface area contributed by atoms with Crippen LogP contribution in [0.25, 0.3) is 0 Å². The molecule has 1 fully saturated rings. The number of thiocarbonyl (C=S) groups is 1. The molecular formula is C19H21ClN2OS. The number of likely N-dealkylation sites (tertiary alicyclic amines) is 1. The Kier molecular flexibility index (Phi) is 5.59. The van der Waals surface area contributed by atoms with Gasteiger partial charge in [0, 0.05) is 17.6 Å². The van der Waals surface area contributed by atoms with Crippen LogP contribution in [-0.2, 0) is 0 Å². The van der Waals surface area contributed by atoms with Crippen LogP contribution in [0.15, 0.2) is 48.5 Å². The Bertz CT molecular complexity index is 708. The predicted octanol–water partition coefficient (Wildman–Crippen LogP) is 5.70. The summed E-state index contributed by atoms with van der Waals surface area (Å²) in [6.07, 6.45) is 3.61. The highest BCUT2D eigenvalue weighted by molar-refractivity contribution is 7.80. The zero-order valence-corrected chi connectivity index (χ0v) is 15.2. The number of hydrogen-bond donors (Lipinski definition) is 1. The maximum Gasteiger partial charge on any atom is 0.173 e. The smallest absolute Gasteiger partial charge is 0.173 e. The molecule has 1 saturated heterocycles. The molecular weight excluding hydrogens is 340 g/mol. The highest BCUT2D eigenvalue weighted by Crippen LogP contribution is 2.32. The minimum atomic E-state index is 0.455. The summed E-state index contributed by atoms with van der Waals surface area (Å²) >= 11 is 11.8. The normalized spacial score (nSPS) is 17.4. The molecule has 0 aliphatic carbocycles. The van der Waals surface area contributed by atoms with Gasteiger partial charge in [0.15, 0.2) is 10.9 Å². The molecule has 0 amide bonds. The number of anilines is 1. The number of nitrogens with zero attached hydrogens (tertiary/aromatic N) is 1. The van der Waals surface area contributed by atoms with E-state index in [1.807, 2.05) is 48.5 Å². The first-order valence-corrected chi connectivity index (χ1v) is 9.02. The number of nitrogens with one attached hydrogen (secondary N) is 1. The Balaban J connectivity index is 1.79. The van der Waals surface area contributed by atoms with E-state index < -0.39 is 0 Å². The highest BCUT2D eigenvalue weighted by atomic mass is 35.5. The van der Waals surface area contributed by atoms with Crippen molar-refractivity contribution in [2.75, 3.05) is 11.9 Å². The number of benzene rings is 2. The van der Waals surface area contributed by atoms with E-state index in [1.165, 1.54) is 19.3 Å². The predicted molar refractivity (Wildman–Crippen MR) is 104 cm³/mol. The second kappa shape index (κ2) is 7.86. The Morgan fingerprint density at radius 2 is 2.00 bits per heavy atom. The lowest BCUT2D eigenvalue weighted by Crippen LogP contribution is -2.44. The third kappa shape index (κ3) is 4.19. The molecule has 0 spiro atoms. The number of hydrogen-bond acceptors (Lipinski definition) is 2. The third-order valence-electron chi connectivity index (χ3n) is 4.22. The van der Waals surface area contributed by atoms with Crippen LogP contribution in [0.3, 0.4) is 0 Å². The number of piperidine rings is 1. The number of para-hydroxylation sites is 1. The lowest BCUT2D eigenvalue weighted by molar-refractivity contribution is 0.262. The van der Waals surface area contributed by atoms with E-state index >= 15 is 0 Å². The Labute approximate surface area is 153 Å². The van der Waals surface area contributed by atoms with Crippen molar-refractivity contribution in [3.8, 4) is 11.5 Å². The van der Waals surface area contributed by atoms with Gasteiger partial charge in [0.25, 0.3) is 0 Å². The van der Waals surface area contributed by atoms with E-state index in [2.05, 4.69) is 17.1 Å². The van der Waals surface area contributed by atoms with Gasteiger partial charge in [-0.25, -0.2) is 0 Å². The van der Waals surface area contributed by atoms with E-state index in [-0.39, 0.29) is 0 Å². The number of ether oxygens (including phenoxy) is 1. The van der Waals surface area contributed by atoms with Crippen LogP contribution in [0, 0.1) is 0 Å². The van der Waals surface area contributed by atoms with E-state index in [0.717, 1.165) is 23.1 Å². The molecule has 3 nitrogen and oxygen atoms in total. The summed E-state index contributed by atoms with van der Waals surface area (Å²) in [5.74, 6) is 1.48. The average molecular weight is 361 g/mol. The summed E-state index contributed by atoms with van der Waals surface area (Å²) < 4.78 is 5.98. The van der Waals surface area contributed by atoms with E-state index in [0.29, 0.717) is 16.8 Å². The summed E-state index contributed by atoms with van der Waals surface area (Å²) in [7, 11) is 0. The first-order valence-electron chi connectivity index (χ1n) is 8.23. The molecule has 24 heavy (non-hydrogen) atoms. The molecule has 1 aliphatic rings. The molecule has 5 heteroatoms. The molecule has 0 unspecified atom stereocenters. The summed E-state index contributed by atoms with van der Waals surface area (Å²) in [6.45, 7) is 3.20. The fourth-order valence-electron chi connectivity index (χ4n) is 2.89. The Hall–Kier alpha value is -1.78. The molecule has 0 bridgehead atoms. The molecule has 0 aromatic heterocycles. The molecule has 3 rings (SSSR count). The average Bonchev–Trinajstić information content (AvgIpc) is 2.58. The largest absolute Gasteiger partial charge is 0.455 e. The molecule has 0 saturated carbocycles. The second-order valence-electron chi connectivity index (χ2n) is 6.02. The van der Waals surface area contributed by atoms with Gasteiger partial charge in [0.2, 0.25) is 0 Å². The Morgan fingerprint density at radius 3 is 2.75 bits per heavy atom. The fourth-order valence-corrected chi connectivity index (χ4v) is 3.44. The van der Waals surface area contributed by atoms with Crippen molar-refractivity contribution in [1.82, 2.24) is 4.90 Å². The van der Waals surface area contributed by atoms with Gasteiger partial charge in [-0.1, -0.05) is 29.8 Å². The maximum absolute atomic E-state index is 6.17. The van der Waals surface area contributed by atoms with Gasteiger partial charge in [0.1, 0.15) is 5.75 Å². The van der Waals surface area contributed by atoms with E-state index in [9.17, 15) is 0 Å². The van der Waals surface area contributed by atoms with Crippen LogP contribution >= 0.6 is 23.8 Å². The molecule has 2 aromatic carbocycles. The van der Waals surface area contributed by atoms with Crippen molar-refractivity contribution < 1.29 is 4.74 Å². The molecule has 1 heterocycles. The highest BCUT2D eigenvalue weighted by Gasteiger charge is 2.21. The van der Waals surface area contributed by atoms with Crippen molar-refractivity contribution in [2.45, 2.75) is 32.2 Å². The van der Waals surface area contributed by atoms with Gasteiger partial charge in [-0.2, -0.15) is 0 Å². The quantitative estimate of drug-likeness (QED) is 0.709. The van der Waals surface area contributed by atoms with Crippen LogP contribution in [0.2, 0.25) is 5.02 Å². The lowest BCUT2D eigenvalue weighted by Gasteiger charge is -2.35. The van der Waals surface area contributed by atoms with Gasteiger partial charge in [-0.05, 0) is 68.7 Å². The topological polar surface area (TPSA) is 24.5 Å². The van der Waals surface area contributed by atoms with E-state index in [4.69, 9.17) is 28.6 Å². The van der Waals surface area contributed by atoms with Gasteiger partial charge in [-0.3, -0.25) is 0 Å². The van der Waals surface area contributed by atoms with Crippen molar-refractivity contribution in [3.63, 3.8) is 0 Å². The first-order chi connectivity index (χ1) is 11.6. The third-order valence-corrected chi connectivity index (χ3v) is 4.79. The zero-order valence-electron chi connectivity index (χ0n) is 13.7. The fraction of sp³-hybridized carbons (Fsp3) is 0.316. The van der Waals surface area contributed by atoms with Gasteiger partial charge >= 0.3 is 0 Å². The van der Waals surface area contributed by atoms with Crippen molar-refractivity contribution in [1.29, 1.82) is 0 Å². The molecule has 2 aromatic rings. The minimum Gasteiger partial charge on any atom is -0.455 e. The minimum absolute atomic E-state index is 0.455. The number of halogens is 1. The van der Waals surface area contributed by atoms with Gasteiger partial charge in [0.05, 0.1) is 5.69 Å². The van der Waals surface area contributed by atoms with Crippen LogP contribution in [0.1, 0.15) is 26.2 Å². The van der Waals surface area contributed by atoms with E-state index in [1.54, 1.807) is 0 Å². The molecule has 1 N–H and O–H groups in total. The second-order valence-corrected chi connectivity index (χ2v) is 6.85. The monoisotopic (exact) mass is 360 g/mol. The summed E-state index contributed by atoms with van der Waals surface area (Å²) in [6, 6.07) is 15.7. The summed E-state index contributed by atoms with van der Waals surface area (Å²) in [5.41, 5.74) is 0.786. The number of rotatable bonds is 3. The Morgan fingerprint density at radius 1 is 1.21 bits per heavy atom. The van der Waals surface area contributed by atoms with Gasteiger partial charge < -0.3 is 15.0 Å². The SMILES string of the molecule is C[C@H]1CCCCN1C(=S)Nc1cc(Cl)ccc1Oc1ccccc1. The van der Waals surface area contributed by atoms with Crippen LogP contribution in [0.4, 0.5) is 5.69 Å². The summed E-state index contributed by atoms with van der Waals surface area (Å²) in [4.78, 5) is 2.24. The maximum atomic E-state index is 6.17.